The van der Waals surface area contributed by atoms with Crippen molar-refractivity contribution in [2.45, 2.75) is 32.1 Å². The van der Waals surface area contributed by atoms with Crippen LogP contribution in [0.4, 0.5) is 0 Å². The lowest BCUT2D eigenvalue weighted by Gasteiger charge is -2.10. The summed E-state index contributed by atoms with van der Waals surface area (Å²) in [7, 11) is 0. The van der Waals surface area contributed by atoms with E-state index in [1.165, 1.54) is 0 Å². The number of hydrogen-bond acceptors (Lipinski definition) is 4. The molecule has 1 aliphatic heterocycles. The lowest BCUT2D eigenvalue weighted by atomic mass is 10.1. The van der Waals surface area contributed by atoms with Gasteiger partial charge in [-0.25, -0.2) is 4.98 Å². The van der Waals surface area contributed by atoms with E-state index in [4.69, 9.17) is 10.2 Å². The highest BCUT2D eigenvalue weighted by Gasteiger charge is 2.26. The molecule has 1 aliphatic rings. The molecule has 0 saturated carbocycles. The van der Waals surface area contributed by atoms with Gasteiger partial charge in [0.15, 0.2) is 5.89 Å². The van der Waals surface area contributed by atoms with Gasteiger partial charge in [0, 0.05) is 24.9 Å². The summed E-state index contributed by atoms with van der Waals surface area (Å²) in [6, 6.07) is 0. The Balaban J connectivity index is 2.02. The molecule has 1 fully saturated rings. The maximum absolute atomic E-state index is 5.62. The van der Waals surface area contributed by atoms with Gasteiger partial charge in [-0.15, -0.1) is 0 Å². The van der Waals surface area contributed by atoms with Crippen molar-refractivity contribution in [2.75, 3.05) is 26.2 Å². The smallest absolute Gasteiger partial charge is 0.198 e. The van der Waals surface area contributed by atoms with Crippen molar-refractivity contribution >= 4 is 0 Å². The quantitative estimate of drug-likeness (QED) is 0.841. The van der Waals surface area contributed by atoms with Gasteiger partial charge < -0.3 is 15.1 Å². The summed E-state index contributed by atoms with van der Waals surface area (Å²) in [5.74, 6) is 1.66. The van der Waals surface area contributed by atoms with Gasteiger partial charge in [-0.3, -0.25) is 0 Å². The van der Waals surface area contributed by atoms with Crippen LogP contribution in [0, 0.1) is 0 Å². The minimum Gasteiger partial charge on any atom is -0.448 e. The topological polar surface area (TPSA) is 55.3 Å². The van der Waals surface area contributed by atoms with Crippen molar-refractivity contribution < 1.29 is 4.42 Å². The summed E-state index contributed by atoms with van der Waals surface area (Å²) in [5.41, 5.74) is 6.61. The average molecular weight is 223 g/mol. The Labute approximate surface area is 96.8 Å². The summed E-state index contributed by atoms with van der Waals surface area (Å²) < 4.78 is 5.57. The molecule has 0 bridgehead atoms. The van der Waals surface area contributed by atoms with E-state index < -0.39 is 0 Å². The van der Waals surface area contributed by atoms with E-state index in [2.05, 4.69) is 23.7 Å². The lowest BCUT2D eigenvalue weighted by molar-refractivity contribution is 0.344. The van der Waals surface area contributed by atoms with E-state index in [1.807, 2.05) is 0 Å². The third-order valence-electron chi connectivity index (χ3n) is 3.47. The van der Waals surface area contributed by atoms with Gasteiger partial charge >= 0.3 is 0 Å². The predicted octanol–water partition coefficient (Wildman–Crippen LogP) is 1.55. The molecule has 2 atom stereocenters. The largest absolute Gasteiger partial charge is 0.448 e. The van der Waals surface area contributed by atoms with Crippen LogP contribution < -0.4 is 5.73 Å². The zero-order chi connectivity index (χ0) is 11.5. The maximum atomic E-state index is 5.62. The SMILES string of the molecule is CCN1CCC(c2nc(C(C)CN)co2)C1. The molecule has 0 radical (unpaired) electrons. The Morgan fingerprint density at radius 3 is 3.12 bits per heavy atom. The van der Waals surface area contributed by atoms with Crippen LogP contribution in [0.1, 0.15) is 43.7 Å². The molecular formula is C12H21N3O. The molecule has 2 unspecified atom stereocenters. The van der Waals surface area contributed by atoms with E-state index in [-0.39, 0.29) is 0 Å². The number of aromatic nitrogens is 1. The van der Waals surface area contributed by atoms with Crippen LogP contribution in [-0.2, 0) is 0 Å². The third kappa shape index (κ3) is 2.28. The van der Waals surface area contributed by atoms with Gasteiger partial charge in [-0.1, -0.05) is 13.8 Å². The molecule has 4 heteroatoms. The number of rotatable bonds is 4. The van der Waals surface area contributed by atoms with Crippen LogP contribution in [0.3, 0.4) is 0 Å². The first-order valence-corrected chi connectivity index (χ1v) is 6.12. The van der Waals surface area contributed by atoms with Crippen LogP contribution in [0.15, 0.2) is 10.7 Å². The second kappa shape index (κ2) is 4.97. The lowest BCUT2D eigenvalue weighted by Crippen LogP contribution is -2.19. The Hall–Kier alpha value is -0.870. The predicted molar refractivity (Wildman–Crippen MR) is 63.4 cm³/mol. The van der Waals surface area contributed by atoms with E-state index >= 15 is 0 Å². The zero-order valence-corrected chi connectivity index (χ0v) is 10.1. The third-order valence-corrected chi connectivity index (χ3v) is 3.47. The first-order valence-electron chi connectivity index (χ1n) is 6.12. The summed E-state index contributed by atoms with van der Waals surface area (Å²) >= 11 is 0. The zero-order valence-electron chi connectivity index (χ0n) is 10.1. The standard InChI is InChI=1S/C12H21N3O/c1-3-15-5-4-10(7-15)12-14-11(8-16-12)9(2)6-13/h8-10H,3-7,13H2,1-2H3. The summed E-state index contributed by atoms with van der Waals surface area (Å²) in [4.78, 5) is 6.99. The summed E-state index contributed by atoms with van der Waals surface area (Å²) in [6.07, 6.45) is 2.92. The van der Waals surface area contributed by atoms with E-state index in [9.17, 15) is 0 Å². The Bertz CT molecular complexity index is 337. The van der Waals surface area contributed by atoms with Gasteiger partial charge in [-0.2, -0.15) is 0 Å². The molecule has 4 nitrogen and oxygen atoms in total. The number of hydrogen-bond donors (Lipinski definition) is 1. The molecule has 1 aromatic rings. The molecule has 0 aliphatic carbocycles. The molecule has 1 aromatic heterocycles. The number of likely N-dealkylation sites (N-methyl/N-ethyl adjacent to an activating group) is 1. The van der Waals surface area contributed by atoms with Gasteiger partial charge in [0.2, 0.25) is 0 Å². The Morgan fingerprint density at radius 1 is 1.69 bits per heavy atom. The molecule has 1 saturated heterocycles. The fourth-order valence-electron chi connectivity index (χ4n) is 2.16. The highest BCUT2D eigenvalue weighted by Crippen LogP contribution is 2.27. The Kier molecular flexibility index (Phi) is 3.61. The highest BCUT2D eigenvalue weighted by atomic mass is 16.3. The normalized spacial score (nSPS) is 23.8. The number of oxazole rings is 1. The maximum Gasteiger partial charge on any atom is 0.198 e. The van der Waals surface area contributed by atoms with Crippen LogP contribution in [0.2, 0.25) is 0 Å². The van der Waals surface area contributed by atoms with Crippen LogP contribution in [0.25, 0.3) is 0 Å². The second-order valence-corrected chi connectivity index (χ2v) is 4.63. The van der Waals surface area contributed by atoms with Crippen LogP contribution in [-0.4, -0.2) is 36.1 Å². The molecule has 90 valence electrons. The molecular weight excluding hydrogens is 202 g/mol. The first kappa shape index (κ1) is 11.6. The van der Waals surface area contributed by atoms with Crippen LogP contribution >= 0.6 is 0 Å². The number of nitrogens with zero attached hydrogens (tertiary/aromatic N) is 2. The molecule has 0 aromatic carbocycles. The van der Waals surface area contributed by atoms with E-state index in [1.54, 1.807) is 6.26 Å². The van der Waals surface area contributed by atoms with Crippen molar-refractivity contribution in [1.82, 2.24) is 9.88 Å². The van der Waals surface area contributed by atoms with Crippen molar-refractivity contribution in [3.8, 4) is 0 Å². The molecule has 0 amide bonds. The first-order chi connectivity index (χ1) is 7.74. The van der Waals surface area contributed by atoms with Gasteiger partial charge in [0.05, 0.1) is 5.69 Å². The minimum atomic E-state index is 0.293. The van der Waals surface area contributed by atoms with Crippen molar-refractivity contribution in [1.29, 1.82) is 0 Å². The molecule has 2 N–H and O–H groups in total. The molecule has 0 spiro atoms. The number of nitrogens with two attached hydrogens (primary N) is 1. The second-order valence-electron chi connectivity index (χ2n) is 4.63. The van der Waals surface area contributed by atoms with Crippen molar-refractivity contribution in [3.63, 3.8) is 0 Å². The van der Waals surface area contributed by atoms with E-state index in [0.717, 1.165) is 37.6 Å². The summed E-state index contributed by atoms with van der Waals surface area (Å²) in [5, 5.41) is 0. The van der Waals surface area contributed by atoms with Gasteiger partial charge in [0.25, 0.3) is 0 Å². The van der Waals surface area contributed by atoms with Crippen molar-refractivity contribution in [3.05, 3.63) is 17.8 Å². The molecule has 2 rings (SSSR count). The fourth-order valence-corrected chi connectivity index (χ4v) is 2.16. The molecule has 2 heterocycles. The highest BCUT2D eigenvalue weighted by molar-refractivity contribution is 5.07. The minimum absolute atomic E-state index is 0.293. The van der Waals surface area contributed by atoms with Gasteiger partial charge in [0.1, 0.15) is 6.26 Å². The van der Waals surface area contributed by atoms with Crippen molar-refractivity contribution in [2.24, 2.45) is 5.73 Å². The average Bonchev–Trinajstić information content (AvgIpc) is 2.95. The monoisotopic (exact) mass is 223 g/mol. The van der Waals surface area contributed by atoms with E-state index in [0.29, 0.717) is 18.4 Å². The molecule has 16 heavy (non-hydrogen) atoms. The summed E-state index contributed by atoms with van der Waals surface area (Å²) in [6.45, 7) is 8.24. The van der Waals surface area contributed by atoms with Gasteiger partial charge in [-0.05, 0) is 19.5 Å². The Morgan fingerprint density at radius 2 is 2.50 bits per heavy atom. The number of likely N-dealkylation sites (tertiary alicyclic amines) is 1. The van der Waals surface area contributed by atoms with Crippen LogP contribution in [0.5, 0.6) is 0 Å². The fraction of sp³-hybridized carbons (Fsp3) is 0.750.